The molecule has 104 valence electrons. The molecule has 0 radical (unpaired) electrons. The zero-order chi connectivity index (χ0) is 13.5. The van der Waals surface area contributed by atoms with Gasteiger partial charge >= 0.3 is 11.8 Å². The summed E-state index contributed by atoms with van der Waals surface area (Å²) in [6, 6.07) is 0. The highest BCUT2D eigenvalue weighted by atomic mass is 16.3. The van der Waals surface area contributed by atoms with Crippen LogP contribution in [0.1, 0.15) is 20.3 Å². The third kappa shape index (κ3) is 3.96. The molecule has 2 N–H and O–H groups in total. The van der Waals surface area contributed by atoms with E-state index >= 15 is 0 Å². The summed E-state index contributed by atoms with van der Waals surface area (Å²) >= 11 is 0. The fourth-order valence-electron chi connectivity index (χ4n) is 1.96. The normalized spacial score (nSPS) is 18.4. The van der Waals surface area contributed by atoms with Crippen molar-refractivity contribution < 1.29 is 14.7 Å². The number of nitrogens with one attached hydrogen (secondary N) is 1. The van der Waals surface area contributed by atoms with Gasteiger partial charge in [-0.1, -0.05) is 6.92 Å². The van der Waals surface area contributed by atoms with Crippen LogP contribution in [0.15, 0.2) is 0 Å². The maximum atomic E-state index is 11.8. The molecule has 1 atom stereocenters. The minimum atomic E-state index is -0.624. The number of piperazine rings is 1. The first-order valence-corrected chi connectivity index (χ1v) is 6.57. The fraction of sp³-hybridized carbons (Fsp3) is 0.833. The minimum Gasteiger partial charge on any atom is -0.390 e. The van der Waals surface area contributed by atoms with E-state index in [1.165, 1.54) is 9.80 Å². The highest BCUT2D eigenvalue weighted by Crippen LogP contribution is 2.05. The average molecular weight is 257 g/mol. The number of hydrogen-bond acceptors (Lipinski definition) is 4. The first-order chi connectivity index (χ1) is 8.60. The van der Waals surface area contributed by atoms with Gasteiger partial charge in [0, 0.05) is 32.7 Å². The Morgan fingerprint density at radius 3 is 2.44 bits per heavy atom. The molecule has 1 saturated heterocycles. The highest BCUT2D eigenvalue weighted by Gasteiger charge is 2.32. The van der Waals surface area contributed by atoms with Crippen molar-refractivity contribution in [2.24, 2.45) is 0 Å². The van der Waals surface area contributed by atoms with Crippen LogP contribution in [0, 0.1) is 0 Å². The lowest BCUT2D eigenvalue weighted by atomic mass is 10.2. The molecule has 1 rings (SSSR count). The van der Waals surface area contributed by atoms with Gasteiger partial charge in [0.1, 0.15) is 0 Å². The summed E-state index contributed by atoms with van der Waals surface area (Å²) in [5, 5.41) is 12.9. The number of β-amino-alcohol motifs (C(OH)–C–C–N with tert-alkyl or cyclic N) is 1. The van der Waals surface area contributed by atoms with Crippen molar-refractivity contribution >= 4 is 11.8 Å². The smallest absolute Gasteiger partial charge is 0.312 e. The van der Waals surface area contributed by atoms with E-state index in [0.717, 1.165) is 13.0 Å². The summed E-state index contributed by atoms with van der Waals surface area (Å²) in [4.78, 5) is 26.4. The van der Waals surface area contributed by atoms with Crippen molar-refractivity contribution in [3.05, 3.63) is 0 Å². The Morgan fingerprint density at radius 1 is 1.22 bits per heavy atom. The topological polar surface area (TPSA) is 72.9 Å². The van der Waals surface area contributed by atoms with Crippen LogP contribution in [0.4, 0.5) is 0 Å². The van der Waals surface area contributed by atoms with Crippen molar-refractivity contribution in [2.45, 2.75) is 26.4 Å². The summed E-state index contributed by atoms with van der Waals surface area (Å²) in [5.74, 6) is -0.963. The average Bonchev–Trinajstić information content (AvgIpc) is 2.36. The lowest BCUT2D eigenvalue weighted by Gasteiger charge is -2.34. The second kappa shape index (κ2) is 7.33. The highest BCUT2D eigenvalue weighted by molar-refractivity contribution is 6.35. The number of carbonyl (C=O) groups is 2. The van der Waals surface area contributed by atoms with E-state index in [4.69, 9.17) is 0 Å². The van der Waals surface area contributed by atoms with Crippen molar-refractivity contribution in [1.29, 1.82) is 0 Å². The van der Waals surface area contributed by atoms with E-state index in [1.807, 2.05) is 13.8 Å². The van der Waals surface area contributed by atoms with Crippen LogP contribution in [0.25, 0.3) is 0 Å². The molecule has 1 fully saturated rings. The first kappa shape index (κ1) is 14.9. The minimum absolute atomic E-state index is 0.221. The Labute approximate surface area is 108 Å². The number of carbonyl (C=O) groups excluding carboxylic acids is 2. The molecule has 0 aliphatic carbocycles. The summed E-state index contributed by atoms with van der Waals surface area (Å²) in [6.07, 6.45) is 0.376. The van der Waals surface area contributed by atoms with Crippen molar-refractivity contribution in [3.8, 4) is 0 Å². The van der Waals surface area contributed by atoms with Gasteiger partial charge in [0.2, 0.25) is 0 Å². The molecule has 0 saturated carbocycles. The van der Waals surface area contributed by atoms with Gasteiger partial charge in [0.05, 0.1) is 6.10 Å². The van der Waals surface area contributed by atoms with Gasteiger partial charge in [-0.25, -0.2) is 0 Å². The Balaban J connectivity index is 2.39. The summed E-state index contributed by atoms with van der Waals surface area (Å²) < 4.78 is 0. The zero-order valence-corrected chi connectivity index (χ0v) is 11.2. The third-order valence-electron chi connectivity index (χ3n) is 3.02. The predicted octanol–water partition coefficient (Wildman–Crippen LogP) is -0.962. The molecular weight excluding hydrogens is 234 g/mol. The van der Waals surface area contributed by atoms with E-state index in [9.17, 15) is 14.7 Å². The van der Waals surface area contributed by atoms with Crippen molar-refractivity contribution in [3.63, 3.8) is 0 Å². The molecule has 1 heterocycles. The number of amides is 2. The number of hydrogen-bond donors (Lipinski definition) is 2. The number of aliphatic hydroxyl groups is 1. The molecule has 1 aliphatic heterocycles. The van der Waals surface area contributed by atoms with Crippen molar-refractivity contribution in [1.82, 2.24) is 15.1 Å². The van der Waals surface area contributed by atoms with Gasteiger partial charge in [-0.05, 0) is 19.9 Å². The molecule has 0 bridgehead atoms. The standard InChI is InChI=1S/C12H23N3O3/c1-3-5-13-8-10(16)9-15-7-6-14(4-2)11(17)12(15)18/h10,13,16H,3-9H2,1-2H3. The van der Waals surface area contributed by atoms with Gasteiger partial charge in [-0.3, -0.25) is 9.59 Å². The molecule has 0 spiro atoms. The third-order valence-corrected chi connectivity index (χ3v) is 3.02. The van der Waals surface area contributed by atoms with Gasteiger partial charge < -0.3 is 20.2 Å². The van der Waals surface area contributed by atoms with E-state index < -0.39 is 17.9 Å². The molecule has 6 heteroatoms. The Hall–Kier alpha value is -1.14. The lowest BCUT2D eigenvalue weighted by molar-refractivity contribution is -0.156. The first-order valence-electron chi connectivity index (χ1n) is 6.57. The largest absolute Gasteiger partial charge is 0.390 e. The van der Waals surface area contributed by atoms with Gasteiger partial charge in [0.15, 0.2) is 0 Å². The predicted molar refractivity (Wildman–Crippen MR) is 68.0 cm³/mol. The van der Waals surface area contributed by atoms with E-state index in [0.29, 0.717) is 26.2 Å². The fourth-order valence-corrected chi connectivity index (χ4v) is 1.96. The monoisotopic (exact) mass is 257 g/mol. The number of aliphatic hydroxyl groups excluding tert-OH is 1. The lowest BCUT2D eigenvalue weighted by Crippen LogP contribution is -2.56. The van der Waals surface area contributed by atoms with Crippen LogP contribution in [0.2, 0.25) is 0 Å². The quantitative estimate of drug-likeness (QED) is 0.455. The van der Waals surface area contributed by atoms with E-state index in [2.05, 4.69) is 5.32 Å². The summed E-state index contributed by atoms with van der Waals surface area (Å²) in [6.45, 7) is 7.02. The second-order valence-corrected chi connectivity index (χ2v) is 4.49. The van der Waals surface area contributed by atoms with Crippen LogP contribution in [0.5, 0.6) is 0 Å². The molecule has 1 unspecified atom stereocenters. The number of rotatable bonds is 7. The molecule has 2 amide bonds. The Kier molecular flexibility index (Phi) is 6.07. The van der Waals surface area contributed by atoms with E-state index in [1.54, 1.807) is 0 Å². The molecule has 1 aliphatic rings. The Morgan fingerprint density at radius 2 is 1.83 bits per heavy atom. The molecule has 0 aromatic rings. The molecular formula is C12H23N3O3. The van der Waals surface area contributed by atoms with Crippen LogP contribution in [-0.4, -0.2) is 72.1 Å². The molecule has 0 aromatic carbocycles. The number of likely N-dealkylation sites (N-methyl/N-ethyl adjacent to an activating group) is 1. The van der Waals surface area contributed by atoms with Gasteiger partial charge in [-0.15, -0.1) is 0 Å². The molecule has 0 aromatic heterocycles. The van der Waals surface area contributed by atoms with Crippen LogP contribution in [0.3, 0.4) is 0 Å². The van der Waals surface area contributed by atoms with Gasteiger partial charge in [-0.2, -0.15) is 0 Å². The SMILES string of the molecule is CCCNCC(O)CN1CCN(CC)C(=O)C1=O. The number of nitrogens with zero attached hydrogens (tertiary/aromatic N) is 2. The maximum Gasteiger partial charge on any atom is 0.312 e. The molecule has 6 nitrogen and oxygen atoms in total. The van der Waals surface area contributed by atoms with Crippen LogP contribution in [-0.2, 0) is 9.59 Å². The summed E-state index contributed by atoms with van der Waals surface area (Å²) in [5.41, 5.74) is 0. The van der Waals surface area contributed by atoms with E-state index in [-0.39, 0.29) is 6.54 Å². The second-order valence-electron chi connectivity index (χ2n) is 4.49. The Bertz CT molecular complexity index is 296. The molecule has 18 heavy (non-hydrogen) atoms. The van der Waals surface area contributed by atoms with Gasteiger partial charge in [0.25, 0.3) is 0 Å². The van der Waals surface area contributed by atoms with Crippen LogP contribution < -0.4 is 5.32 Å². The van der Waals surface area contributed by atoms with Crippen molar-refractivity contribution in [2.75, 3.05) is 39.3 Å². The summed E-state index contributed by atoms with van der Waals surface area (Å²) in [7, 11) is 0. The zero-order valence-electron chi connectivity index (χ0n) is 11.2. The maximum absolute atomic E-state index is 11.8. The van der Waals surface area contributed by atoms with Crippen LogP contribution >= 0.6 is 0 Å².